The van der Waals surface area contributed by atoms with Crippen molar-refractivity contribution in [3.8, 4) is 0 Å². The standard InChI is InChI=1S/C21H25FN2O/c1-16-3-4-17(2)19(13-16)15-23-9-11-24(12-10-23)21(25)14-18-5-7-20(22)8-6-18/h3-8,13H,9-12,14-15H2,1-2H3. The van der Waals surface area contributed by atoms with Crippen LogP contribution in [0.25, 0.3) is 0 Å². The zero-order chi connectivity index (χ0) is 17.8. The van der Waals surface area contributed by atoms with Gasteiger partial charge in [0.15, 0.2) is 0 Å². The van der Waals surface area contributed by atoms with E-state index in [9.17, 15) is 9.18 Å². The molecule has 0 aromatic heterocycles. The Morgan fingerprint density at radius 2 is 1.68 bits per heavy atom. The van der Waals surface area contributed by atoms with Gasteiger partial charge in [-0.3, -0.25) is 9.69 Å². The van der Waals surface area contributed by atoms with E-state index in [4.69, 9.17) is 0 Å². The van der Waals surface area contributed by atoms with E-state index < -0.39 is 0 Å². The van der Waals surface area contributed by atoms with Crippen LogP contribution in [0.1, 0.15) is 22.3 Å². The summed E-state index contributed by atoms with van der Waals surface area (Å²) < 4.78 is 13.0. The first-order valence-electron chi connectivity index (χ1n) is 8.82. The first kappa shape index (κ1) is 17.6. The van der Waals surface area contributed by atoms with Crippen LogP contribution >= 0.6 is 0 Å². The Kier molecular flexibility index (Phi) is 5.49. The second kappa shape index (κ2) is 7.79. The van der Waals surface area contributed by atoms with Crippen LogP contribution in [0.2, 0.25) is 0 Å². The second-order valence-electron chi connectivity index (χ2n) is 6.89. The molecular weight excluding hydrogens is 315 g/mol. The fraction of sp³-hybridized carbons (Fsp3) is 0.381. The van der Waals surface area contributed by atoms with Crippen LogP contribution in [0, 0.1) is 19.7 Å². The van der Waals surface area contributed by atoms with E-state index in [1.165, 1.54) is 28.8 Å². The summed E-state index contributed by atoms with van der Waals surface area (Å²) in [5.74, 6) is -0.144. The fourth-order valence-corrected chi connectivity index (χ4v) is 3.26. The molecule has 2 aromatic rings. The van der Waals surface area contributed by atoms with Crippen LogP contribution in [-0.2, 0) is 17.8 Å². The van der Waals surface area contributed by atoms with Gasteiger partial charge < -0.3 is 4.90 Å². The zero-order valence-corrected chi connectivity index (χ0v) is 15.0. The third-order valence-corrected chi connectivity index (χ3v) is 4.89. The average molecular weight is 340 g/mol. The van der Waals surface area contributed by atoms with Gasteiger partial charge in [-0.05, 0) is 42.7 Å². The van der Waals surface area contributed by atoms with Gasteiger partial charge in [0.25, 0.3) is 0 Å². The second-order valence-corrected chi connectivity index (χ2v) is 6.89. The summed E-state index contributed by atoms with van der Waals surface area (Å²) >= 11 is 0. The lowest BCUT2D eigenvalue weighted by Gasteiger charge is -2.35. The van der Waals surface area contributed by atoms with Gasteiger partial charge in [-0.2, -0.15) is 0 Å². The van der Waals surface area contributed by atoms with Crippen LogP contribution in [0.15, 0.2) is 42.5 Å². The molecule has 0 spiro atoms. The highest BCUT2D eigenvalue weighted by atomic mass is 19.1. The molecule has 4 heteroatoms. The molecule has 132 valence electrons. The summed E-state index contributed by atoms with van der Waals surface area (Å²) in [7, 11) is 0. The number of amides is 1. The minimum Gasteiger partial charge on any atom is -0.340 e. The predicted molar refractivity (Wildman–Crippen MR) is 97.9 cm³/mol. The molecule has 25 heavy (non-hydrogen) atoms. The van der Waals surface area contributed by atoms with Crippen molar-refractivity contribution in [3.63, 3.8) is 0 Å². The van der Waals surface area contributed by atoms with Gasteiger partial charge in [0.05, 0.1) is 6.42 Å². The number of carbonyl (C=O) groups is 1. The van der Waals surface area contributed by atoms with E-state index in [2.05, 4.69) is 36.9 Å². The molecule has 1 heterocycles. The third kappa shape index (κ3) is 4.67. The minimum absolute atomic E-state index is 0.123. The fourth-order valence-electron chi connectivity index (χ4n) is 3.26. The lowest BCUT2D eigenvalue weighted by Crippen LogP contribution is -2.48. The maximum Gasteiger partial charge on any atom is 0.227 e. The molecule has 2 aromatic carbocycles. The van der Waals surface area contributed by atoms with Gasteiger partial charge >= 0.3 is 0 Å². The molecule has 1 saturated heterocycles. The summed E-state index contributed by atoms with van der Waals surface area (Å²) in [5.41, 5.74) is 4.84. The highest BCUT2D eigenvalue weighted by Crippen LogP contribution is 2.15. The Balaban J connectivity index is 1.52. The summed E-state index contributed by atoms with van der Waals surface area (Å²) in [6.07, 6.45) is 0.345. The van der Waals surface area contributed by atoms with Crippen molar-refractivity contribution >= 4 is 5.91 Å². The van der Waals surface area contributed by atoms with Crippen molar-refractivity contribution < 1.29 is 9.18 Å². The Morgan fingerprint density at radius 3 is 2.36 bits per heavy atom. The van der Waals surface area contributed by atoms with Gasteiger partial charge in [0, 0.05) is 32.7 Å². The largest absolute Gasteiger partial charge is 0.340 e. The molecule has 1 aliphatic heterocycles. The van der Waals surface area contributed by atoms with Crippen LogP contribution in [0.3, 0.4) is 0 Å². The molecule has 1 fully saturated rings. The Morgan fingerprint density at radius 1 is 1.00 bits per heavy atom. The number of rotatable bonds is 4. The number of hydrogen-bond acceptors (Lipinski definition) is 2. The summed E-state index contributed by atoms with van der Waals surface area (Å²) in [6.45, 7) is 8.50. The first-order valence-corrected chi connectivity index (χ1v) is 8.82. The smallest absolute Gasteiger partial charge is 0.227 e. The molecule has 1 aliphatic rings. The van der Waals surface area contributed by atoms with E-state index in [0.717, 1.165) is 38.3 Å². The van der Waals surface area contributed by atoms with Crippen LogP contribution in [0.4, 0.5) is 4.39 Å². The SMILES string of the molecule is Cc1ccc(C)c(CN2CCN(C(=O)Cc3ccc(F)cc3)CC2)c1. The summed E-state index contributed by atoms with van der Waals surface area (Å²) in [4.78, 5) is 16.8. The van der Waals surface area contributed by atoms with E-state index in [1.807, 2.05) is 4.90 Å². The molecular formula is C21H25FN2O. The van der Waals surface area contributed by atoms with Crippen LogP contribution in [-0.4, -0.2) is 41.9 Å². The number of nitrogens with zero attached hydrogens (tertiary/aromatic N) is 2. The molecule has 0 bridgehead atoms. The third-order valence-electron chi connectivity index (χ3n) is 4.89. The lowest BCUT2D eigenvalue weighted by atomic mass is 10.0. The highest BCUT2D eigenvalue weighted by molar-refractivity contribution is 5.78. The Hall–Kier alpha value is -2.20. The maximum absolute atomic E-state index is 13.0. The van der Waals surface area contributed by atoms with E-state index in [1.54, 1.807) is 12.1 Å². The average Bonchev–Trinajstić information content (AvgIpc) is 2.61. The number of aryl methyl sites for hydroxylation is 2. The summed E-state index contributed by atoms with van der Waals surface area (Å²) in [6, 6.07) is 12.8. The molecule has 0 unspecified atom stereocenters. The van der Waals surface area contributed by atoms with Crippen molar-refractivity contribution in [2.45, 2.75) is 26.8 Å². The quantitative estimate of drug-likeness (QED) is 0.852. The van der Waals surface area contributed by atoms with Crippen molar-refractivity contribution in [3.05, 3.63) is 70.5 Å². The predicted octanol–water partition coefficient (Wildman–Crippen LogP) is 3.33. The minimum atomic E-state index is -0.267. The number of carbonyl (C=O) groups excluding carboxylic acids is 1. The van der Waals surface area contributed by atoms with Crippen molar-refractivity contribution in [2.24, 2.45) is 0 Å². The molecule has 0 saturated carbocycles. The molecule has 0 radical (unpaired) electrons. The van der Waals surface area contributed by atoms with Gasteiger partial charge in [-0.15, -0.1) is 0 Å². The normalized spacial score (nSPS) is 15.4. The molecule has 1 amide bonds. The zero-order valence-electron chi connectivity index (χ0n) is 15.0. The Labute approximate surface area is 149 Å². The van der Waals surface area contributed by atoms with Gasteiger partial charge in [0.1, 0.15) is 5.82 Å². The topological polar surface area (TPSA) is 23.6 Å². The number of benzene rings is 2. The van der Waals surface area contributed by atoms with Gasteiger partial charge in [0.2, 0.25) is 5.91 Å². The Bertz CT molecular complexity index is 734. The van der Waals surface area contributed by atoms with Crippen LogP contribution < -0.4 is 0 Å². The molecule has 0 aliphatic carbocycles. The van der Waals surface area contributed by atoms with Crippen molar-refractivity contribution in [1.29, 1.82) is 0 Å². The van der Waals surface area contributed by atoms with E-state index in [0.29, 0.717) is 6.42 Å². The molecule has 0 N–H and O–H groups in total. The number of piperazine rings is 1. The van der Waals surface area contributed by atoms with Crippen molar-refractivity contribution in [1.82, 2.24) is 9.80 Å². The van der Waals surface area contributed by atoms with Crippen LogP contribution in [0.5, 0.6) is 0 Å². The molecule has 3 rings (SSSR count). The maximum atomic E-state index is 13.0. The first-order chi connectivity index (χ1) is 12.0. The van der Waals surface area contributed by atoms with Crippen molar-refractivity contribution in [2.75, 3.05) is 26.2 Å². The van der Waals surface area contributed by atoms with Gasteiger partial charge in [-0.1, -0.05) is 35.9 Å². The molecule has 3 nitrogen and oxygen atoms in total. The summed E-state index contributed by atoms with van der Waals surface area (Å²) in [5, 5.41) is 0. The number of halogens is 1. The van der Waals surface area contributed by atoms with E-state index >= 15 is 0 Å². The number of hydrogen-bond donors (Lipinski definition) is 0. The monoisotopic (exact) mass is 340 g/mol. The highest BCUT2D eigenvalue weighted by Gasteiger charge is 2.21. The van der Waals surface area contributed by atoms with Gasteiger partial charge in [-0.25, -0.2) is 4.39 Å². The van der Waals surface area contributed by atoms with E-state index in [-0.39, 0.29) is 11.7 Å². The molecule has 0 atom stereocenters. The lowest BCUT2D eigenvalue weighted by molar-refractivity contribution is -0.132.